The second-order valence-electron chi connectivity index (χ2n) is 5.97. The third kappa shape index (κ3) is 3.47. The molecule has 0 spiro atoms. The van der Waals surface area contributed by atoms with Gasteiger partial charge in [-0.2, -0.15) is 0 Å². The number of likely N-dealkylation sites (N-methyl/N-ethyl adjacent to an activating group) is 1. The Bertz CT molecular complexity index is 602. The van der Waals surface area contributed by atoms with Crippen LogP contribution in [-0.4, -0.2) is 42.5 Å². The second-order valence-corrected chi connectivity index (χ2v) is 5.97. The average molecular weight is 320 g/mol. The fourth-order valence-electron chi connectivity index (χ4n) is 2.39. The molecule has 0 unspecified atom stereocenters. The molecule has 6 heteroatoms. The van der Waals surface area contributed by atoms with E-state index in [9.17, 15) is 9.59 Å². The highest BCUT2D eigenvalue weighted by molar-refractivity contribution is 6.02. The number of Topliss-reactive ketones (excluding diaryl/α,β-unsaturated/α-hetero) is 1. The Morgan fingerprint density at radius 3 is 2.57 bits per heavy atom. The van der Waals surface area contributed by atoms with E-state index in [1.54, 1.807) is 32.2 Å². The first-order valence-electron chi connectivity index (χ1n) is 7.82. The molecule has 1 amide bonds. The lowest BCUT2D eigenvalue weighted by molar-refractivity contribution is -0.133. The van der Waals surface area contributed by atoms with Gasteiger partial charge in [0.15, 0.2) is 17.3 Å². The number of amides is 1. The number of carbonyl (C=O) groups is 2. The van der Waals surface area contributed by atoms with E-state index >= 15 is 0 Å². The minimum Gasteiger partial charge on any atom is -0.454 e. The number of carbonyl (C=O) groups excluding carboxylic acids is 2. The van der Waals surface area contributed by atoms with Crippen LogP contribution in [0.3, 0.4) is 0 Å². The van der Waals surface area contributed by atoms with E-state index in [0.717, 1.165) is 6.42 Å². The Kier molecular flexibility index (Phi) is 5.26. The van der Waals surface area contributed by atoms with E-state index in [4.69, 9.17) is 15.2 Å². The second kappa shape index (κ2) is 7.00. The van der Waals surface area contributed by atoms with Crippen LogP contribution in [0.25, 0.3) is 0 Å². The number of ether oxygens (including phenoxy) is 2. The third-order valence-corrected chi connectivity index (χ3v) is 4.51. The molecule has 0 saturated heterocycles. The first kappa shape index (κ1) is 17.3. The lowest BCUT2D eigenvalue weighted by Gasteiger charge is -2.28. The molecule has 0 aromatic heterocycles. The molecule has 1 aromatic carbocycles. The average Bonchev–Trinajstić information content (AvgIpc) is 3.05. The summed E-state index contributed by atoms with van der Waals surface area (Å²) in [5.41, 5.74) is 6.47. The molecule has 126 valence electrons. The quantitative estimate of drug-likeness (QED) is 0.809. The molecule has 1 heterocycles. The summed E-state index contributed by atoms with van der Waals surface area (Å²) >= 11 is 0. The van der Waals surface area contributed by atoms with Crippen LogP contribution in [0.1, 0.15) is 37.6 Å². The molecule has 6 nitrogen and oxygen atoms in total. The van der Waals surface area contributed by atoms with Crippen molar-refractivity contribution in [3.63, 3.8) is 0 Å². The fraction of sp³-hybridized carbons (Fsp3) is 0.529. The highest BCUT2D eigenvalue weighted by Crippen LogP contribution is 2.33. The van der Waals surface area contributed by atoms with Crippen molar-refractivity contribution in [2.75, 3.05) is 13.8 Å². The first-order valence-corrected chi connectivity index (χ1v) is 7.82. The molecule has 2 N–H and O–H groups in total. The Balaban J connectivity index is 2.11. The summed E-state index contributed by atoms with van der Waals surface area (Å²) in [5, 5.41) is 0. The monoisotopic (exact) mass is 320 g/mol. The van der Waals surface area contributed by atoms with E-state index in [0.29, 0.717) is 17.1 Å². The molecule has 1 aromatic rings. The van der Waals surface area contributed by atoms with Gasteiger partial charge in [0, 0.05) is 12.6 Å². The summed E-state index contributed by atoms with van der Waals surface area (Å²) in [6.07, 6.45) is 0.811. The molecular weight excluding hydrogens is 296 g/mol. The van der Waals surface area contributed by atoms with Crippen molar-refractivity contribution in [2.45, 2.75) is 39.3 Å². The van der Waals surface area contributed by atoms with Gasteiger partial charge in [0.05, 0.1) is 12.1 Å². The van der Waals surface area contributed by atoms with Gasteiger partial charge in [-0.15, -0.1) is 0 Å². The summed E-state index contributed by atoms with van der Waals surface area (Å²) in [6.45, 7) is 5.78. The number of benzene rings is 1. The van der Waals surface area contributed by atoms with Gasteiger partial charge in [0.2, 0.25) is 12.7 Å². The van der Waals surface area contributed by atoms with Crippen LogP contribution < -0.4 is 15.2 Å². The van der Waals surface area contributed by atoms with Gasteiger partial charge in [0.1, 0.15) is 0 Å². The standard InChI is InChI=1S/C17H24N2O4/c1-5-10(2)15(18)17(21)19(4)11(3)16(20)12-6-7-13-14(8-12)23-9-22-13/h6-8,10-11,15H,5,9,18H2,1-4H3/t10-,11+,15-/m0/s1. The SMILES string of the molecule is CC[C@H](C)[C@H](N)C(=O)N(C)[C@H](C)C(=O)c1ccc2c(c1)OCO2. The minimum atomic E-state index is -0.600. The van der Waals surface area contributed by atoms with Crippen molar-refractivity contribution in [2.24, 2.45) is 11.7 Å². The lowest BCUT2D eigenvalue weighted by Crippen LogP contribution is -2.50. The fourth-order valence-corrected chi connectivity index (χ4v) is 2.39. The van der Waals surface area contributed by atoms with Gasteiger partial charge >= 0.3 is 0 Å². The molecule has 0 saturated carbocycles. The summed E-state index contributed by atoms with van der Waals surface area (Å²) in [4.78, 5) is 26.5. The topological polar surface area (TPSA) is 81.9 Å². The molecular formula is C17H24N2O4. The Hall–Kier alpha value is -2.08. The van der Waals surface area contributed by atoms with E-state index in [-0.39, 0.29) is 24.4 Å². The Labute approximate surface area is 136 Å². The number of rotatable bonds is 6. The Morgan fingerprint density at radius 1 is 1.26 bits per heavy atom. The predicted molar refractivity (Wildman–Crippen MR) is 86.6 cm³/mol. The summed E-state index contributed by atoms with van der Waals surface area (Å²) < 4.78 is 10.5. The van der Waals surface area contributed by atoms with Gasteiger partial charge in [-0.05, 0) is 31.0 Å². The van der Waals surface area contributed by atoms with Crippen molar-refractivity contribution >= 4 is 11.7 Å². The van der Waals surface area contributed by atoms with Gasteiger partial charge in [-0.1, -0.05) is 20.3 Å². The molecule has 0 aliphatic carbocycles. The predicted octanol–water partition coefficient (Wildman–Crippen LogP) is 1.82. The molecule has 1 aliphatic rings. The van der Waals surface area contributed by atoms with Crippen LogP contribution >= 0.6 is 0 Å². The highest BCUT2D eigenvalue weighted by Gasteiger charge is 2.29. The number of ketones is 1. The molecule has 2 rings (SSSR count). The van der Waals surface area contributed by atoms with Crippen LogP contribution in [0.4, 0.5) is 0 Å². The molecule has 0 fully saturated rings. The number of fused-ring (bicyclic) bond motifs is 1. The van der Waals surface area contributed by atoms with Crippen molar-refractivity contribution < 1.29 is 19.1 Å². The lowest BCUT2D eigenvalue weighted by atomic mass is 9.97. The normalized spacial score (nSPS) is 16.6. The van der Waals surface area contributed by atoms with Gasteiger partial charge in [-0.25, -0.2) is 0 Å². The molecule has 23 heavy (non-hydrogen) atoms. The van der Waals surface area contributed by atoms with E-state index < -0.39 is 12.1 Å². The van der Waals surface area contributed by atoms with Crippen LogP contribution in [0, 0.1) is 5.92 Å². The summed E-state index contributed by atoms with van der Waals surface area (Å²) in [7, 11) is 1.61. The zero-order chi connectivity index (χ0) is 17.1. The minimum absolute atomic E-state index is 0.0674. The van der Waals surface area contributed by atoms with Crippen LogP contribution in [-0.2, 0) is 4.79 Å². The van der Waals surface area contributed by atoms with Crippen LogP contribution in [0.5, 0.6) is 11.5 Å². The maximum Gasteiger partial charge on any atom is 0.240 e. The van der Waals surface area contributed by atoms with Crippen molar-refractivity contribution in [1.82, 2.24) is 4.90 Å². The molecule has 0 bridgehead atoms. The Morgan fingerprint density at radius 2 is 1.91 bits per heavy atom. The van der Waals surface area contributed by atoms with Gasteiger partial charge < -0.3 is 20.1 Å². The summed E-state index contributed by atoms with van der Waals surface area (Å²) in [6, 6.07) is 3.83. The van der Waals surface area contributed by atoms with E-state index in [1.807, 2.05) is 13.8 Å². The molecule has 3 atom stereocenters. The number of nitrogens with zero attached hydrogens (tertiary/aromatic N) is 1. The first-order chi connectivity index (χ1) is 10.9. The number of hydrogen-bond donors (Lipinski definition) is 1. The zero-order valence-electron chi connectivity index (χ0n) is 14.0. The van der Waals surface area contributed by atoms with Gasteiger partial charge in [-0.3, -0.25) is 9.59 Å². The van der Waals surface area contributed by atoms with Crippen LogP contribution in [0.2, 0.25) is 0 Å². The zero-order valence-corrected chi connectivity index (χ0v) is 14.0. The van der Waals surface area contributed by atoms with Crippen molar-refractivity contribution in [3.8, 4) is 11.5 Å². The van der Waals surface area contributed by atoms with Crippen LogP contribution in [0.15, 0.2) is 18.2 Å². The number of hydrogen-bond acceptors (Lipinski definition) is 5. The van der Waals surface area contributed by atoms with Crippen molar-refractivity contribution in [3.05, 3.63) is 23.8 Å². The van der Waals surface area contributed by atoms with Crippen molar-refractivity contribution in [1.29, 1.82) is 0 Å². The largest absolute Gasteiger partial charge is 0.454 e. The highest BCUT2D eigenvalue weighted by atomic mass is 16.7. The maximum atomic E-state index is 12.6. The molecule has 0 radical (unpaired) electrons. The molecule has 1 aliphatic heterocycles. The van der Waals surface area contributed by atoms with E-state index in [2.05, 4.69) is 0 Å². The number of nitrogens with two attached hydrogens (primary N) is 1. The maximum absolute atomic E-state index is 12.6. The summed E-state index contributed by atoms with van der Waals surface area (Å²) in [5.74, 6) is 0.861. The van der Waals surface area contributed by atoms with E-state index in [1.165, 1.54) is 4.90 Å². The third-order valence-electron chi connectivity index (χ3n) is 4.51. The smallest absolute Gasteiger partial charge is 0.240 e. The van der Waals surface area contributed by atoms with Gasteiger partial charge in [0.25, 0.3) is 0 Å².